The molecule has 0 radical (unpaired) electrons. The average molecular weight is 297 g/mol. The lowest BCUT2D eigenvalue weighted by molar-refractivity contribution is -0.169. The van der Waals surface area contributed by atoms with E-state index in [-0.39, 0.29) is 6.54 Å². The third-order valence-corrected chi connectivity index (χ3v) is 3.23. The predicted octanol–water partition coefficient (Wildman–Crippen LogP) is 0.841. The third kappa shape index (κ3) is 5.36. The molecule has 2 N–H and O–H groups in total. The molecular weight excluding hydrogens is 275 g/mol. The summed E-state index contributed by atoms with van der Waals surface area (Å²) in [4.78, 5) is 25.5. The Morgan fingerprint density at radius 2 is 1.70 bits per heavy atom. The van der Waals surface area contributed by atoms with Crippen LogP contribution in [0.15, 0.2) is 0 Å². The summed E-state index contributed by atoms with van der Waals surface area (Å²) >= 11 is 0. The van der Waals surface area contributed by atoms with E-state index in [0.717, 1.165) is 4.90 Å². The zero-order chi connectivity index (χ0) is 16.1. The Hall–Kier alpha value is -1.31. The van der Waals surface area contributed by atoms with Crippen LogP contribution in [-0.2, 0) is 9.59 Å². The van der Waals surface area contributed by atoms with Crippen LogP contribution in [-0.4, -0.2) is 61.5 Å². The molecule has 0 aliphatic heterocycles. The number of nitrogens with zero attached hydrogens (tertiary/aromatic N) is 2. The highest BCUT2D eigenvalue weighted by molar-refractivity contribution is 5.87. The molecule has 20 heavy (non-hydrogen) atoms. The van der Waals surface area contributed by atoms with Gasteiger partial charge < -0.3 is 15.5 Å². The summed E-state index contributed by atoms with van der Waals surface area (Å²) in [7, 11) is 2.83. The molecule has 0 rings (SSSR count). The molecule has 0 aliphatic carbocycles. The summed E-state index contributed by atoms with van der Waals surface area (Å²) in [6.07, 6.45) is -4.27. The fourth-order valence-corrected chi connectivity index (χ4v) is 1.49. The second-order valence-electron chi connectivity index (χ2n) is 5.18. The molecule has 0 fully saturated rings. The van der Waals surface area contributed by atoms with Crippen LogP contribution in [0, 0.1) is 5.41 Å². The number of likely N-dealkylation sites (N-methyl/N-ethyl adjacent to an activating group) is 1. The van der Waals surface area contributed by atoms with E-state index in [1.54, 1.807) is 6.92 Å². The largest absolute Gasteiger partial charge is 0.406 e. The van der Waals surface area contributed by atoms with Gasteiger partial charge in [-0.15, -0.1) is 0 Å². The summed E-state index contributed by atoms with van der Waals surface area (Å²) in [5, 5.41) is 0. The second-order valence-corrected chi connectivity index (χ2v) is 5.18. The lowest BCUT2D eigenvalue weighted by atomic mass is 9.86. The first-order valence-corrected chi connectivity index (χ1v) is 6.23. The van der Waals surface area contributed by atoms with Gasteiger partial charge in [0.05, 0.1) is 5.41 Å². The van der Waals surface area contributed by atoms with E-state index < -0.39 is 36.5 Å². The smallest absolute Gasteiger partial charge is 0.347 e. The number of halogens is 3. The van der Waals surface area contributed by atoms with Crippen LogP contribution >= 0.6 is 0 Å². The van der Waals surface area contributed by atoms with E-state index in [4.69, 9.17) is 5.73 Å². The maximum Gasteiger partial charge on any atom is 0.406 e. The molecular formula is C12H22F3N3O2. The number of alkyl halides is 3. The van der Waals surface area contributed by atoms with Gasteiger partial charge in [0, 0.05) is 20.6 Å². The number of hydrogen-bond donors (Lipinski definition) is 1. The predicted molar refractivity (Wildman–Crippen MR) is 68.8 cm³/mol. The van der Waals surface area contributed by atoms with Gasteiger partial charge in [0.25, 0.3) is 0 Å². The summed E-state index contributed by atoms with van der Waals surface area (Å²) in [6.45, 7) is 1.03. The Labute approximate surface area is 116 Å². The van der Waals surface area contributed by atoms with Crippen LogP contribution in [0.2, 0.25) is 0 Å². The van der Waals surface area contributed by atoms with Crippen molar-refractivity contribution in [3.63, 3.8) is 0 Å². The van der Waals surface area contributed by atoms with Gasteiger partial charge >= 0.3 is 6.18 Å². The highest BCUT2D eigenvalue weighted by Crippen LogP contribution is 2.25. The van der Waals surface area contributed by atoms with Gasteiger partial charge in [-0.1, -0.05) is 6.92 Å². The first kappa shape index (κ1) is 18.7. The van der Waals surface area contributed by atoms with Crippen molar-refractivity contribution >= 4 is 11.8 Å². The lowest BCUT2D eigenvalue weighted by Gasteiger charge is -2.33. The first-order valence-electron chi connectivity index (χ1n) is 6.23. The van der Waals surface area contributed by atoms with Crippen molar-refractivity contribution in [3.05, 3.63) is 0 Å². The SMILES string of the molecule is CCC(C)(CN)C(=O)N(CC(=O)N(C)C)CC(F)(F)F. The quantitative estimate of drug-likeness (QED) is 0.790. The fraction of sp³-hybridized carbons (Fsp3) is 0.833. The van der Waals surface area contributed by atoms with Gasteiger partial charge in [0.15, 0.2) is 0 Å². The van der Waals surface area contributed by atoms with Gasteiger partial charge in [-0.2, -0.15) is 13.2 Å². The Morgan fingerprint density at radius 3 is 2.00 bits per heavy atom. The molecule has 0 saturated carbocycles. The van der Waals surface area contributed by atoms with Gasteiger partial charge in [-0.05, 0) is 13.3 Å². The minimum Gasteiger partial charge on any atom is -0.347 e. The molecule has 0 aliphatic rings. The summed E-state index contributed by atoms with van der Waals surface area (Å²) in [5.74, 6) is -1.33. The molecule has 0 spiro atoms. The van der Waals surface area contributed by atoms with E-state index in [1.165, 1.54) is 21.0 Å². The lowest BCUT2D eigenvalue weighted by Crippen LogP contribution is -2.52. The Morgan fingerprint density at radius 1 is 1.20 bits per heavy atom. The van der Waals surface area contributed by atoms with Crippen LogP contribution in [0.25, 0.3) is 0 Å². The van der Waals surface area contributed by atoms with Crippen molar-refractivity contribution in [3.8, 4) is 0 Å². The molecule has 0 saturated heterocycles. The van der Waals surface area contributed by atoms with Crippen molar-refractivity contribution in [2.75, 3.05) is 33.7 Å². The minimum atomic E-state index is -4.56. The molecule has 1 unspecified atom stereocenters. The number of hydrogen-bond acceptors (Lipinski definition) is 3. The number of rotatable bonds is 6. The third-order valence-electron chi connectivity index (χ3n) is 3.23. The molecule has 1 atom stereocenters. The van der Waals surface area contributed by atoms with Crippen LogP contribution in [0.5, 0.6) is 0 Å². The molecule has 0 aromatic rings. The standard InChI is InChI=1S/C12H22F3N3O2/c1-5-11(2,7-16)10(20)18(8-12(13,14)15)6-9(19)17(3)4/h5-8,16H2,1-4H3. The first-order chi connectivity index (χ1) is 8.96. The Balaban J connectivity index is 5.21. The molecule has 118 valence electrons. The summed E-state index contributed by atoms with van der Waals surface area (Å²) in [5.41, 5.74) is 4.39. The number of carbonyl (C=O) groups excluding carboxylic acids is 2. The van der Waals surface area contributed by atoms with Crippen molar-refractivity contribution in [1.29, 1.82) is 0 Å². The van der Waals surface area contributed by atoms with Crippen LogP contribution in [0.4, 0.5) is 13.2 Å². The fourth-order valence-electron chi connectivity index (χ4n) is 1.49. The van der Waals surface area contributed by atoms with Crippen LogP contribution in [0.3, 0.4) is 0 Å². The van der Waals surface area contributed by atoms with Crippen molar-refractivity contribution in [1.82, 2.24) is 9.80 Å². The van der Waals surface area contributed by atoms with Crippen LogP contribution < -0.4 is 5.73 Å². The summed E-state index contributed by atoms with van der Waals surface area (Å²) in [6, 6.07) is 0. The zero-order valence-electron chi connectivity index (χ0n) is 12.3. The van der Waals surface area contributed by atoms with E-state index >= 15 is 0 Å². The number of carbonyl (C=O) groups is 2. The molecule has 8 heteroatoms. The monoisotopic (exact) mass is 297 g/mol. The van der Waals surface area contributed by atoms with Crippen molar-refractivity contribution < 1.29 is 22.8 Å². The number of nitrogens with two attached hydrogens (primary N) is 1. The molecule has 2 amide bonds. The van der Waals surface area contributed by atoms with E-state index in [9.17, 15) is 22.8 Å². The van der Waals surface area contributed by atoms with E-state index in [1.807, 2.05) is 0 Å². The van der Waals surface area contributed by atoms with Crippen molar-refractivity contribution in [2.45, 2.75) is 26.4 Å². The van der Waals surface area contributed by atoms with Gasteiger partial charge in [0.1, 0.15) is 13.1 Å². The highest BCUT2D eigenvalue weighted by Gasteiger charge is 2.40. The molecule has 5 nitrogen and oxygen atoms in total. The topological polar surface area (TPSA) is 66.6 Å². The van der Waals surface area contributed by atoms with E-state index in [2.05, 4.69) is 0 Å². The van der Waals surface area contributed by atoms with Gasteiger partial charge in [0.2, 0.25) is 11.8 Å². The molecule has 0 bridgehead atoms. The number of amides is 2. The maximum absolute atomic E-state index is 12.6. The molecule has 0 heterocycles. The normalized spacial score (nSPS) is 14.6. The van der Waals surface area contributed by atoms with Gasteiger partial charge in [-0.25, -0.2) is 0 Å². The molecule has 0 aromatic carbocycles. The zero-order valence-corrected chi connectivity index (χ0v) is 12.3. The van der Waals surface area contributed by atoms with Crippen molar-refractivity contribution in [2.24, 2.45) is 11.1 Å². The van der Waals surface area contributed by atoms with Gasteiger partial charge in [-0.3, -0.25) is 9.59 Å². The van der Waals surface area contributed by atoms with E-state index in [0.29, 0.717) is 11.3 Å². The Kier molecular flexibility index (Phi) is 6.46. The average Bonchev–Trinajstić information content (AvgIpc) is 2.34. The van der Waals surface area contributed by atoms with Crippen LogP contribution in [0.1, 0.15) is 20.3 Å². The minimum absolute atomic E-state index is 0.0765. The maximum atomic E-state index is 12.6. The summed E-state index contributed by atoms with van der Waals surface area (Å²) < 4.78 is 37.7. The second kappa shape index (κ2) is 6.92. The molecule has 0 aromatic heterocycles. The Bertz CT molecular complexity index is 352. The highest BCUT2D eigenvalue weighted by atomic mass is 19.4.